The molecule has 6 heteroatoms. The van der Waals surface area contributed by atoms with Gasteiger partial charge in [-0.05, 0) is 74.7 Å². The van der Waals surface area contributed by atoms with Gasteiger partial charge in [0.2, 0.25) is 0 Å². The average Bonchev–Trinajstić information content (AvgIpc) is 2.93. The second-order valence-corrected chi connectivity index (χ2v) is 10.2. The first-order valence-electron chi connectivity index (χ1n) is 13.6. The summed E-state index contributed by atoms with van der Waals surface area (Å²) in [6.07, 6.45) is 0. The van der Waals surface area contributed by atoms with Gasteiger partial charge < -0.3 is 9.64 Å². The SMILES string of the molecule is CCN(CC)C(=O)c1ccccc1[C@@H](c1cccc(OC)c1)N1C[C@@H](C)N(Cc2ccc(F)cc2)C[C@@H]1C. The van der Waals surface area contributed by atoms with Crippen LogP contribution in [0.25, 0.3) is 0 Å². The molecule has 3 aromatic rings. The van der Waals surface area contributed by atoms with Crippen LogP contribution in [-0.2, 0) is 6.54 Å². The fourth-order valence-electron chi connectivity index (χ4n) is 5.60. The Morgan fingerprint density at radius 2 is 1.68 bits per heavy atom. The van der Waals surface area contributed by atoms with Gasteiger partial charge in [0.25, 0.3) is 5.91 Å². The number of rotatable bonds is 9. The zero-order valence-electron chi connectivity index (χ0n) is 23.2. The van der Waals surface area contributed by atoms with E-state index in [4.69, 9.17) is 4.74 Å². The molecule has 0 bridgehead atoms. The zero-order chi connectivity index (χ0) is 27.2. The summed E-state index contributed by atoms with van der Waals surface area (Å²) in [5.41, 5.74) is 3.98. The van der Waals surface area contributed by atoms with Gasteiger partial charge in [0, 0.05) is 50.4 Å². The lowest BCUT2D eigenvalue weighted by Gasteiger charge is -2.48. The largest absolute Gasteiger partial charge is 0.497 e. The molecule has 202 valence electrons. The summed E-state index contributed by atoms with van der Waals surface area (Å²) in [6.45, 7) is 12.4. The molecule has 0 unspecified atom stereocenters. The number of benzene rings is 3. The van der Waals surface area contributed by atoms with E-state index in [1.165, 1.54) is 12.1 Å². The molecule has 1 amide bonds. The van der Waals surface area contributed by atoms with Crippen molar-refractivity contribution in [3.05, 3.63) is 101 Å². The van der Waals surface area contributed by atoms with Crippen LogP contribution in [0.1, 0.15) is 60.8 Å². The zero-order valence-corrected chi connectivity index (χ0v) is 23.2. The van der Waals surface area contributed by atoms with E-state index < -0.39 is 0 Å². The maximum Gasteiger partial charge on any atom is 0.254 e. The molecule has 1 aliphatic rings. The van der Waals surface area contributed by atoms with Gasteiger partial charge in [-0.2, -0.15) is 0 Å². The lowest BCUT2D eigenvalue weighted by atomic mass is 9.90. The topological polar surface area (TPSA) is 36.0 Å². The molecule has 38 heavy (non-hydrogen) atoms. The van der Waals surface area contributed by atoms with Crippen LogP contribution in [0.5, 0.6) is 5.75 Å². The first-order valence-corrected chi connectivity index (χ1v) is 13.6. The molecular weight excluding hydrogens is 477 g/mol. The van der Waals surface area contributed by atoms with Crippen molar-refractivity contribution in [2.75, 3.05) is 33.3 Å². The summed E-state index contributed by atoms with van der Waals surface area (Å²) in [4.78, 5) is 20.5. The van der Waals surface area contributed by atoms with Crippen molar-refractivity contribution < 1.29 is 13.9 Å². The van der Waals surface area contributed by atoms with E-state index in [9.17, 15) is 9.18 Å². The molecule has 3 aromatic carbocycles. The maximum atomic E-state index is 13.6. The summed E-state index contributed by atoms with van der Waals surface area (Å²) < 4.78 is 19.0. The number of piperazine rings is 1. The lowest BCUT2D eigenvalue weighted by Crippen LogP contribution is -2.57. The molecule has 3 atom stereocenters. The van der Waals surface area contributed by atoms with E-state index >= 15 is 0 Å². The van der Waals surface area contributed by atoms with Gasteiger partial charge in [0.1, 0.15) is 11.6 Å². The van der Waals surface area contributed by atoms with Gasteiger partial charge in [-0.15, -0.1) is 0 Å². The van der Waals surface area contributed by atoms with Gasteiger partial charge in [-0.1, -0.05) is 42.5 Å². The van der Waals surface area contributed by atoms with E-state index in [1.807, 2.05) is 61.2 Å². The fraction of sp³-hybridized carbons (Fsp3) is 0.406. The predicted octanol–water partition coefficient (Wildman–Crippen LogP) is 6.00. The van der Waals surface area contributed by atoms with Crippen LogP contribution < -0.4 is 4.74 Å². The summed E-state index contributed by atoms with van der Waals surface area (Å²) >= 11 is 0. The number of methoxy groups -OCH3 is 1. The quantitative estimate of drug-likeness (QED) is 0.349. The Balaban J connectivity index is 1.71. The third-order valence-corrected chi connectivity index (χ3v) is 7.74. The molecule has 0 aromatic heterocycles. The molecule has 0 saturated carbocycles. The van der Waals surface area contributed by atoms with Crippen molar-refractivity contribution in [2.24, 2.45) is 0 Å². The van der Waals surface area contributed by atoms with E-state index in [2.05, 4.69) is 41.8 Å². The molecule has 1 aliphatic heterocycles. The Morgan fingerprint density at radius 1 is 0.974 bits per heavy atom. The maximum absolute atomic E-state index is 13.6. The molecule has 1 saturated heterocycles. The number of carbonyl (C=O) groups is 1. The summed E-state index contributed by atoms with van der Waals surface area (Å²) in [7, 11) is 1.69. The Morgan fingerprint density at radius 3 is 2.37 bits per heavy atom. The van der Waals surface area contributed by atoms with Gasteiger partial charge >= 0.3 is 0 Å². The number of nitrogens with zero attached hydrogens (tertiary/aromatic N) is 3. The number of amides is 1. The van der Waals surface area contributed by atoms with E-state index in [-0.39, 0.29) is 29.8 Å². The summed E-state index contributed by atoms with van der Waals surface area (Å²) in [5, 5.41) is 0. The average molecular weight is 518 g/mol. The van der Waals surface area contributed by atoms with Crippen LogP contribution >= 0.6 is 0 Å². The number of ether oxygens (including phenoxy) is 1. The minimum Gasteiger partial charge on any atom is -0.497 e. The Hall–Kier alpha value is -3.22. The molecule has 5 nitrogen and oxygen atoms in total. The van der Waals surface area contributed by atoms with Crippen LogP contribution in [0.15, 0.2) is 72.8 Å². The van der Waals surface area contributed by atoms with Crippen LogP contribution in [0, 0.1) is 5.82 Å². The van der Waals surface area contributed by atoms with Crippen molar-refractivity contribution >= 4 is 5.91 Å². The van der Waals surface area contributed by atoms with E-state index in [1.54, 1.807) is 7.11 Å². The highest BCUT2D eigenvalue weighted by Gasteiger charge is 2.36. The van der Waals surface area contributed by atoms with Gasteiger partial charge in [-0.3, -0.25) is 14.6 Å². The highest BCUT2D eigenvalue weighted by atomic mass is 19.1. The highest BCUT2D eigenvalue weighted by molar-refractivity contribution is 5.96. The summed E-state index contributed by atoms with van der Waals surface area (Å²) in [5.74, 6) is 0.656. The molecule has 0 aliphatic carbocycles. The second-order valence-electron chi connectivity index (χ2n) is 10.2. The standard InChI is InChI=1S/C32H40FN3O2/c1-6-34(7-2)32(37)30-14-9-8-13-29(30)31(26-11-10-12-28(19-26)38-5)36-21-23(3)35(20-24(36)4)22-25-15-17-27(33)18-16-25/h8-19,23-24,31H,6-7,20-22H2,1-5H3/t23-,24+,31-/m1/s1. The number of hydrogen-bond donors (Lipinski definition) is 0. The molecule has 1 fully saturated rings. The minimum absolute atomic E-state index is 0.0640. The third kappa shape index (κ3) is 6.08. The number of hydrogen-bond acceptors (Lipinski definition) is 4. The normalized spacial score (nSPS) is 19.2. The second kappa shape index (κ2) is 12.5. The van der Waals surface area contributed by atoms with Crippen LogP contribution in [0.2, 0.25) is 0 Å². The van der Waals surface area contributed by atoms with Crippen molar-refractivity contribution in [1.29, 1.82) is 0 Å². The van der Waals surface area contributed by atoms with E-state index in [0.717, 1.165) is 47.6 Å². The van der Waals surface area contributed by atoms with Crippen LogP contribution in [0.4, 0.5) is 4.39 Å². The Bertz CT molecular complexity index is 1210. The predicted molar refractivity (Wildman–Crippen MR) is 151 cm³/mol. The first-order chi connectivity index (χ1) is 18.4. The van der Waals surface area contributed by atoms with Crippen LogP contribution in [-0.4, -0.2) is 66.0 Å². The molecule has 0 spiro atoms. The van der Waals surface area contributed by atoms with Crippen molar-refractivity contribution in [1.82, 2.24) is 14.7 Å². The smallest absolute Gasteiger partial charge is 0.254 e. The monoisotopic (exact) mass is 517 g/mol. The lowest BCUT2D eigenvalue weighted by molar-refractivity contribution is 0.0192. The van der Waals surface area contributed by atoms with Gasteiger partial charge in [-0.25, -0.2) is 4.39 Å². The molecule has 4 rings (SSSR count). The highest BCUT2D eigenvalue weighted by Crippen LogP contribution is 2.37. The van der Waals surface area contributed by atoms with Crippen molar-refractivity contribution in [3.8, 4) is 5.75 Å². The Labute approximate surface area is 226 Å². The van der Waals surface area contributed by atoms with Crippen molar-refractivity contribution in [2.45, 2.75) is 52.4 Å². The molecule has 0 N–H and O–H groups in total. The van der Waals surface area contributed by atoms with E-state index in [0.29, 0.717) is 13.1 Å². The molecule has 0 radical (unpaired) electrons. The number of carbonyl (C=O) groups excluding carboxylic acids is 1. The van der Waals surface area contributed by atoms with Gasteiger partial charge in [0.15, 0.2) is 0 Å². The Kier molecular flexibility index (Phi) is 9.18. The summed E-state index contributed by atoms with van der Waals surface area (Å²) in [6, 6.07) is 23.4. The minimum atomic E-state index is -0.209. The van der Waals surface area contributed by atoms with Crippen LogP contribution in [0.3, 0.4) is 0 Å². The van der Waals surface area contributed by atoms with Crippen molar-refractivity contribution in [3.63, 3.8) is 0 Å². The first kappa shape index (κ1) is 27.8. The third-order valence-electron chi connectivity index (χ3n) is 7.74. The van der Waals surface area contributed by atoms with Gasteiger partial charge in [0.05, 0.1) is 13.2 Å². The molecular formula is C32H40FN3O2. The molecule has 1 heterocycles. The fourth-order valence-corrected chi connectivity index (χ4v) is 5.60. The number of halogens is 1.